The molecule has 0 saturated heterocycles. The van der Waals surface area contributed by atoms with Crippen LogP contribution in [0.5, 0.6) is 5.75 Å². The number of carbonyl (C=O) groups is 1. The van der Waals surface area contributed by atoms with E-state index in [4.69, 9.17) is 4.74 Å². The Morgan fingerprint density at radius 3 is 2.60 bits per heavy atom. The van der Waals surface area contributed by atoms with E-state index in [-0.39, 0.29) is 4.21 Å². The number of urea groups is 1. The van der Waals surface area contributed by atoms with Crippen LogP contribution >= 0.6 is 11.3 Å². The second kappa shape index (κ2) is 5.93. The van der Waals surface area contributed by atoms with Crippen molar-refractivity contribution in [3.8, 4) is 5.75 Å². The zero-order valence-electron chi connectivity index (χ0n) is 10.5. The van der Waals surface area contributed by atoms with Gasteiger partial charge in [0.1, 0.15) is 9.96 Å². The number of hydrogen-bond donors (Lipinski definition) is 2. The molecule has 0 aliphatic heterocycles. The van der Waals surface area contributed by atoms with Crippen molar-refractivity contribution >= 4 is 33.1 Å². The van der Waals surface area contributed by atoms with E-state index in [1.807, 2.05) is 4.72 Å². The Balaban J connectivity index is 2.10. The van der Waals surface area contributed by atoms with E-state index < -0.39 is 16.1 Å². The molecule has 2 amide bonds. The minimum atomic E-state index is -3.84. The van der Waals surface area contributed by atoms with Gasteiger partial charge >= 0.3 is 6.03 Å². The lowest BCUT2D eigenvalue weighted by molar-refractivity contribution is 0.256. The number of para-hydroxylation sites is 2. The van der Waals surface area contributed by atoms with Gasteiger partial charge in [0.25, 0.3) is 10.0 Å². The Kier molecular flexibility index (Phi) is 4.26. The summed E-state index contributed by atoms with van der Waals surface area (Å²) < 4.78 is 30.8. The Labute approximate surface area is 120 Å². The van der Waals surface area contributed by atoms with Crippen LogP contribution in [-0.2, 0) is 10.0 Å². The maximum absolute atomic E-state index is 11.9. The molecule has 8 heteroatoms. The summed E-state index contributed by atoms with van der Waals surface area (Å²) in [5, 5.41) is 4.05. The van der Waals surface area contributed by atoms with Gasteiger partial charge in [-0.2, -0.15) is 0 Å². The summed E-state index contributed by atoms with van der Waals surface area (Å²) in [6, 6.07) is 8.87. The van der Waals surface area contributed by atoms with Crippen LogP contribution in [0.25, 0.3) is 0 Å². The summed E-state index contributed by atoms with van der Waals surface area (Å²) in [5.74, 6) is 0.441. The average Bonchev–Trinajstić information content (AvgIpc) is 2.93. The normalized spacial score (nSPS) is 10.8. The fraction of sp³-hybridized carbons (Fsp3) is 0.0833. The lowest BCUT2D eigenvalue weighted by Gasteiger charge is -2.10. The third-order valence-corrected chi connectivity index (χ3v) is 5.07. The summed E-state index contributed by atoms with van der Waals surface area (Å²) in [7, 11) is -2.38. The van der Waals surface area contributed by atoms with Crippen LogP contribution in [0.15, 0.2) is 46.0 Å². The zero-order valence-corrected chi connectivity index (χ0v) is 12.1. The molecular weight excluding hydrogens is 300 g/mol. The minimum absolute atomic E-state index is 0.0766. The lowest BCUT2D eigenvalue weighted by Crippen LogP contribution is -2.34. The van der Waals surface area contributed by atoms with E-state index in [1.54, 1.807) is 35.7 Å². The first kappa shape index (κ1) is 14.4. The van der Waals surface area contributed by atoms with Gasteiger partial charge in [-0.3, -0.25) is 0 Å². The van der Waals surface area contributed by atoms with Gasteiger partial charge in [-0.05, 0) is 23.6 Å². The van der Waals surface area contributed by atoms with Crippen LogP contribution in [0.4, 0.5) is 10.5 Å². The van der Waals surface area contributed by atoms with E-state index in [1.165, 1.54) is 13.2 Å². The van der Waals surface area contributed by atoms with Crippen molar-refractivity contribution in [1.29, 1.82) is 0 Å². The maximum atomic E-state index is 11.9. The highest BCUT2D eigenvalue weighted by Gasteiger charge is 2.19. The number of methoxy groups -OCH3 is 1. The Morgan fingerprint density at radius 2 is 1.95 bits per heavy atom. The van der Waals surface area contributed by atoms with Gasteiger partial charge in [-0.25, -0.2) is 17.9 Å². The van der Waals surface area contributed by atoms with Crippen molar-refractivity contribution in [1.82, 2.24) is 4.72 Å². The molecule has 2 aromatic rings. The first-order valence-corrected chi connectivity index (χ1v) is 7.89. The molecule has 2 rings (SSSR count). The summed E-state index contributed by atoms with van der Waals surface area (Å²) in [5.41, 5.74) is 0.383. The van der Waals surface area contributed by atoms with Crippen LogP contribution in [0.2, 0.25) is 0 Å². The SMILES string of the molecule is COc1ccccc1NC(=O)NS(=O)(=O)c1cccs1. The molecule has 6 nitrogen and oxygen atoms in total. The number of anilines is 1. The monoisotopic (exact) mass is 312 g/mol. The largest absolute Gasteiger partial charge is 0.495 e. The maximum Gasteiger partial charge on any atom is 0.333 e. The van der Waals surface area contributed by atoms with Crippen LogP contribution in [-0.4, -0.2) is 21.6 Å². The van der Waals surface area contributed by atoms with E-state index in [2.05, 4.69) is 5.32 Å². The molecule has 0 bridgehead atoms. The number of carbonyl (C=O) groups excluding carboxylic acids is 1. The molecule has 1 aromatic carbocycles. The molecular formula is C12H12N2O4S2. The van der Waals surface area contributed by atoms with Crippen molar-refractivity contribution in [3.05, 3.63) is 41.8 Å². The number of nitrogens with one attached hydrogen (secondary N) is 2. The van der Waals surface area contributed by atoms with Gasteiger partial charge in [0, 0.05) is 0 Å². The number of ether oxygens (including phenoxy) is 1. The molecule has 0 fully saturated rings. The van der Waals surface area contributed by atoms with Crippen molar-refractivity contribution in [2.24, 2.45) is 0 Å². The number of amides is 2. The number of rotatable bonds is 4. The van der Waals surface area contributed by atoms with E-state index in [9.17, 15) is 13.2 Å². The standard InChI is InChI=1S/C12H12N2O4S2/c1-18-10-6-3-2-5-9(10)13-12(15)14-20(16,17)11-7-4-8-19-11/h2-8H,1H3,(H2,13,14,15). The van der Waals surface area contributed by atoms with Gasteiger partial charge in [-0.15, -0.1) is 11.3 Å². The fourth-order valence-corrected chi connectivity index (χ4v) is 3.38. The van der Waals surface area contributed by atoms with Gasteiger partial charge in [-0.1, -0.05) is 18.2 Å². The summed E-state index contributed by atoms with van der Waals surface area (Å²) in [6.45, 7) is 0. The number of hydrogen-bond acceptors (Lipinski definition) is 5. The second-order valence-corrected chi connectivity index (χ2v) is 6.55. The van der Waals surface area contributed by atoms with Crippen LogP contribution in [0.3, 0.4) is 0 Å². The lowest BCUT2D eigenvalue weighted by atomic mass is 10.3. The predicted molar refractivity (Wildman–Crippen MR) is 76.7 cm³/mol. The Morgan fingerprint density at radius 1 is 1.20 bits per heavy atom. The van der Waals surface area contributed by atoms with Gasteiger partial charge in [0.05, 0.1) is 12.8 Å². The molecule has 20 heavy (non-hydrogen) atoms. The number of sulfonamides is 1. The Hall–Kier alpha value is -2.06. The van der Waals surface area contributed by atoms with E-state index in [0.717, 1.165) is 11.3 Å². The van der Waals surface area contributed by atoms with Crippen LogP contribution in [0, 0.1) is 0 Å². The number of thiophene rings is 1. The van der Waals surface area contributed by atoms with Crippen molar-refractivity contribution in [3.63, 3.8) is 0 Å². The molecule has 0 saturated carbocycles. The average molecular weight is 312 g/mol. The summed E-state index contributed by atoms with van der Waals surface area (Å²) in [4.78, 5) is 11.7. The van der Waals surface area contributed by atoms with E-state index in [0.29, 0.717) is 11.4 Å². The van der Waals surface area contributed by atoms with Gasteiger partial charge in [0.2, 0.25) is 0 Å². The molecule has 1 heterocycles. The van der Waals surface area contributed by atoms with Gasteiger partial charge in [0.15, 0.2) is 0 Å². The molecule has 0 spiro atoms. The van der Waals surface area contributed by atoms with Crippen molar-refractivity contribution < 1.29 is 17.9 Å². The highest BCUT2D eigenvalue weighted by Crippen LogP contribution is 2.23. The summed E-state index contributed by atoms with van der Waals surface area (Å²) >= 11 is 1.03. The van der Waals surface area contributed by atoms with Crippen LogP contribution < -0.4 is 14.8 Å². The van der Waals surface area contributed by atoms with Crippen molar-refractivity contribution in [2.45, 2.75) is 4.21 Å². The first-order chi connectivity index (χ1) is 9.53. The molecule has 2 N–H and O–H groups in total. The molecule has 0 unspecified atom stereocenters. The highest BCUT2D eigenvalue weighted by atomic mass is 32.2. The predicted octanol–water partition coefficient (Wildman–Crippen LogP) is 2.27. The quantitative estimate of drug-likeness (QED) is 0.907. The van der Waals surface area contributed by atoms with Crippen molar-refractivity contribution in [2.75, 3.05) is 12.4 Å². The van der Waals surface area contributed by atoms with Gasteiger partial charge < -0.3 is 10.1 Å². The zero-order chi connectivity index (χ0) is 14.6. The van der Waals surface area contributed by atoms with E-state index >= 15 is 0 Å². The first-order valence-electron chi connectivity index (χ1n) is 5.53. The third-order valence-electron chi connectivity index (χ3n) is 2.34. The second-order valence-electron chi connectivity index (χ2n) is 3.69. The molecule has 0 aliphatic carbocycles. The third kappa shape index (κ3) is 3.28. The number of benzene rings is 1. The molecule has 1 aromatic heterocycles. The molecule has 0 radical (unpaired) electrons. The summed E-state index contributed by atoms with van der Waals surface area (Å²) in [6.07, 6.45) is 0. The molecule has 0 aliphatic rings. The minimum Gasteiger partial charge on any atom is -0.495 e. The van der Waals surface area contributed by atoms with Crippen LogP contribution in [0.1, 0.15) is 0 Å². The molecule has 0 atom stereocenters. The fourth-order valence-electron chi connectivity index (χ4n) is 1.48. The Bertz CT molecular complexity index is 696. The smallest absolute Gasteiger partial charge is 0.333 e. The highest BCUT2D eigenvalue weighted by molar-refractivity contribution is 7.92. The topological polar surface area (TPSA) is 84.5 Å². The molecule has 106 valence electrons.